The molecule has 1 heterocycles. The third kappa shape index (κ3) is 4.99. The lowest BCUT2D eigenvalue weighted by Crippen LogP contribution is -2.40. The Balaban J connectivity index is 1.49. The molecule has 7 heteroatoms. The molecule has 0 N–H and O–H groups in total. The van der Waals surface area contributed by atoms with E-state index in [-0.39, 0.29) is 24.2 Å². The number of nitrogens with zero attached hydrogens (tertiary/aromatic N) is 1. The van der Waals surface area contributed by atoms with Gasteiger partial charge in [0.15, 0.2) is 6.61 Å². The second-order valence-corrected chi connectivity index (χ2v) is 6.80. The second-order valence-electron chi connectivity index (χ2n) is 6.80. The minimum absolute atomic E-state index is 0.192. The highest BCUT2D eigenvalue weighted by atomic mass is 19.1. The molecule has 1 saturated heterocycles. The second kappa shape index (κ2) is 9.32. The number of likely N-dealkylation sites (tertiary alicyclic amines) is 1. The third-order valence-corrected chi connectivity index (χ3v) is 4.96. The Labute approximate surface area is 168 Å². The summed E-state index contributed by atoms with van der Waals surface area (Å²) in [7, 11) is 1.47. The molecule has 6 nitrogen and oxygen atoms in total. The number of amides is 1. The van der Waals surface area contributed by atoms with Crippen molar-refractivity contribution in [2.45, 2.75) is 12.8 Å². The zero-order valence-corrected chi connectivity index (χ0v) is 16.1. The van der Waals surface area contributed by atoms with Gasteiger partial charge in [-0.05, 0) is 49.2 Å². The van der Waals surface area contributed by atoms with Crippen molar-refractivity contribution in [1.82, 2.24) is 4.90 Å². The maximum Gasteiger partial charge on any atom is 0.309 e. The Hall–Kier alpha value is -3.22. The molecule has 0 atom stereocenters. The highest BCUT2D eigenvalue weighted by molar-refractivity contribution is 6.00. The summed E-state index contributed by atoms with van der Waals surface area (Å²) in [4.78, 5) is 38.7. The SMILES string of the molecule is COc1ccccc1C(=O)COC(=O)C1CCN(C(=O)c2ccc(F)cc2)CC1. The predicted octanol–water partition coefficient (Wildman–Crippen LogP) is 3.11. The smallest absolute Gasteiger partial charge is 0.309 e. The summed E-state index contributed by atoms with van der Waals surface area (Å²) >= 11 is 0. The van der Waals surface area contributed by atoms with Gasteiger partial charge in [0.2, 0.25) is 5.78 Å². The summed E-state index contributed by atoms with van der Waals surface area (Å²) < 4.78 is 23.4. The summed E-state index contributed by atoms with van der Waals surface area (Å²) in [5, 5.41) is 0. The summed E-state index contributed by atoms with van der Waals surface area (Å²) in [6.07, 6.45) is 0.906. The van der Waals surface area contributed by atoms with Crippen LogP contribution in [-0.4, -0.2) is 49.4 Å². The van der Waals surface area contributed by atoms with Gasteiger partial charge < -0.3 is 14.4 Å². The van der Waals surface area contributed by atoms with Crippen LogP contribution in [0, 0.1) is 11.7 Å². The molecule has 1 aliphatic heterocycles. The van der Waals surface area contributed by atoms with Crippen LogP contribution in [0.15, 0.2) is 48.5 Å². The Morgan fingerprint density at radius 2 is 1.69 bits per heavy atom. The Morgan fingerprint density at radius 3 is 2.34 bits per heavy atom. The molecule has 0 radical (unpaired) electrons. The molecule has 0 spiro atoms. The third-order valence-electron chi connectivity index (χ3n) is 4.96. The fraction of sp³-hybridized carbons (Fsp3) is 0.318. The normalized spacial score (nSPS) is 14.3. The van der Waals surface area contributed by atoms with E-state index in [1.807, 2.05) is 0 Å². The van der Waals surface area contributed by atoms with Gasteiger partial charge in [-0.15, -0.1) is 0 Å². The molecular weight excluding hydrogens is 377 g/mol. The highest BCUT2D eigenvalue weighted by Gasteiger charge is 2.29. The van der Waals surface area contributed by atoms with Gasteiger partial charge in [0.05, 0.1) is 18.6 Å². The number of para-hydroxylation sites is 1. The zero-order valence-electron chi connectivity index (χ0n) is 16.1. The molecule has 1 fully saturated rings. The number of hydrogen-bond donors (Lipinski definition) is 0. The van der Waals surface area contributed by atoms with Gasteiger partial charge in [0, 0.05) is 18.7 Å². The molecular formula is C22H22FNO5. The van der Waals surface area contributed by atoms with E-state index < -0.39 is 11.8 Å². The lowest BCUT2D eigenvalue weighted by atomic mass is 9.96. The standard InChI is InChI=1S/C22H22FNO5/c1-28-20-5-3-2-4-18(20)19(25)14-29-22(27)16-10-12-24(13-11-16)21(26)15-6-8-17(23)9-7-15/h2-9,16H,10-14H2,1H3. The van der Waals surface area contributed by atoms with E-state index in [2.05, 4.69) is 0 Å². The molecule has 0 saturated carbocycles. The van der Waals surface area contributed by atoms with Gasteiger partial charge in [0.25, 0.3) is 5.91 Å². The molecule has 1 aliphatic rings. The number of esters is 1. The fourth-order valence-corrected chi connectivity index (χ4v) is 3.30. The van der Waals surface area contributed by atoms with Gasteiger partial charge >= 0.3 is 5.97 Å². The Kier molecular flexibility index (Phi) is 6.59. The van der Waals surface area contributed by atoms with Crippen LogP contribution < -0.4 is 4.74 Å². The first-order valence-electron chi connectivity index (χ1n) is 9.37. The first-order valence-corrected chi connectivity index (χ1v) is 9.37. The average Bonchev–Trinajstić information content (AvgIpc) is 2.77. The van der Waals surface area contributed by atoms with Crippen LogP contribution in [0.4, 0.5) is 4.39 Å². The summed E-state index contributed by atoms with van der Waals surface area (Å²) in [6.45, 7) is 0.445. The van der Waals surface area contributed by atoms with Crippen LogP contribution >= 0.6 is 0 Å². The first-order chi connectivity index (χ1) is 14.0. The molecule has 3 rings (SSSR count). The van der Waals surface area contributed by atoms with Gasteiger partial charge in [-0.2, -0.15) is 0 Å². The Morgan fingerprint density at radius 1 is 1.03 bits per heavy atom. The molecule has 0 aromatic heterocycles. The fourth-order valence-electron chi connectivity index (χ4n) is 3.30. The highest BCUT2D eigenvalue weighted by Crippen LogP contribution is 2.22. The number of ketones is 1. The Bertz CT molecular complexity index is 888. The van der Waals surface area contributed by atoms with Gasteiger partial charge in [-0.25, -0.2) is 4.39 Å². The number of rotatable bonds is 6. The van der Waals surface area contributed by atoms with Gasteiger partial charge in [-0.3, -0.25) is 14.4 Å². The largest absolute Gasteiger partial charge is 0.496 e. The van der Waals surface area contributed by atoms with Crippen LogP contribution in [0.1, 0.15) is 33.6 Å². The lowest BCUT2D eigenvalue weighted by molar-refractivity contribution is -0.148. The van der Waals surface area contributed by atoms with Crippen molar-refractivity contribution in [2.24, 2.45) is 5.92 Å². The number of hydrogen-bond acceptors (Lipinski definition) is 5. The quantitative estimate of drug-likeness (QED) is 0.551. The summed E-state index contributed by atoms with van der Waals surface area (Å²) in [5.41, 5.74) is 0.775. The maximum atomic E-state index is 13.0. The molecule has 0 aliphatic carbocycles. The van der Waals surface area contributed by atoms with E-state index in [0.717, 1.165) is 0 Å². The topological polar surface area (TPSA) is 72.9 Å². The number of carbonyl (C=O) groups excluding carboxylic acids is 3. The van der Waals surface area contributed by atoms with Crippen molar-refractivity contribution >= 4 is 17.7 Å². The number of methoxy groups -OCH3 is 1. The lowest BCUT2D eigenvalue weighted by Gasteiger charge is -2.31. The van der Waals surface area contributed by atoms with Crippen molar-refractivity contribution in [3.05, 3.63) is 65.5 Å². The molecule has 1 amide bonds. The summed E-state index contributed by atoms with van der Waals surface area (Å²) in [5.74, 6) is -1.30. The van der Waals surface area contributed by atoms with Gasteiger partial charge in [-0.1, -0.05) is 12.1 Å². The van der Waals surface area contributed by atoms with E-state index in [1.165, 1.54) is 31.4 Å². The minimum atomic E-state index is -0.442. The van der Waals surface area contributed by atoms with E-state index in [0.29, 0.717) is 42.8 Å². The number of halogens is 1. The molecule has 0 unspecified atom stereocenters. The van der Waals surface area contributed by atoms with E-state index in [9.17, 15) is 18.8 Å². The van der Waals surface area contributed by atoms with Gasteiger partial charge in [0.1, 0.15) is 11.6 Å². The molecule has 152 valence electrons. The van der Waals surface area contributed by atoms with E-state index in [4.69, 9.17) is 9.47 Å². The van der Waals surface area contributed by atoms with Crippen molar-refractivity contribution in [3.63, 3.8) is 0 Å². The van der Waals surface area contributed by atoms with E-state index in [1.54, 1.807) is 29.2 Å². The number of ether oxygens (including phenoxy) is 2. The number of piperidine rings is 1. The minimum Gasteiger partial charge on any atom is -0.496 e. The van der Waals surface area contributed by atoms with Crippen molar-refractivity contribution in [1.29, 1.82) is 0 Å². The monoisotopic (exact) mass is 399 g/mol. The van der Waals surface area contributed by atoms with E-state index >= 15 is 0 Å². The molecule has 29 heavy (non-hydrogen) atoms. The van der Waals surface area contributed by atoms with Crippen LogP contribution in [0.25, 0.3) is 0 Å². The number of benzene rings is 2. The predicted molar refractivity (Wildman–Crippen MR) is 103 cm³/mol. The molecule has 2 aromatic carbocycles. The van der Waals surface area contributed by atoms with Crippen LogP contribution in [0.5, 0.6) is 5.75 Å². The van der Waals surface area contributed by atoms with Crippen LogP contribution in [0.2, 0.25) is 0 Å². The molecule has 2 aromatic rings. The molecule has 0 bridgehead atoms. The van der Waals surface area contributed by atoms with Crippen molar-refractivity contribution in [2.75, 3.05) is 26.8 Å². The maximum absolute atomic E-state index is 13.0. The number of carbonyl (C=O) groups is 3. The average molecular weight is 399 g/mol. The number of Topliss-reactive ketones (excluding diaryl/α,β-unsaturated/α-hetero) is 1. The van der Waals surface area contributed by atoms with Crippen LogP contribution in [0.3, 0.4) is 0 Å². The van der Waals surface area contributed by atoms with Crippen molar-refractivity contribution in [3.8, 4) is 5.75 Å². The summed E-state index contributed by atoms with van der Waals surface area (Å²) in [6, 6.07) is 12.1. The van der Waals surface area contributed by atoms with Crippen LogP contribution in [-0.2, 0) is 9.53 Å². The van der Waals surface area contributed by atoms with Crippen molar-refractivity contribution < 1.29 is 28.2 Å². The first kappa shape index (κ1) is 20.5. The zero-order chi connectivity index (χ0) is 20.8.